The molecule has 66 heavy (non-hydrogen) atoms. The molecule has 0 aliphatic rings. The first-order chi connectivity index (χ1) is 32.0. The summed E-state index contributed by atoms with van der Waals surface area (Å²) in [5, 5.41) is 13.7. The number of phosphoric ester groups is 1. The summed E-state index contributed by atoms with van der Waals surface area (Å²) in [6.07, 6.45) is 70.9. The average Bonchev–Trinajstić information content (AvgIpc) is 3.28. The molecule has 0 saturated carbocycles. The van der Waals surface area contributed by atoms with Gasteiger partial charge in [-0.3, -0.25) is 9.36 Å². The van der Waals surface area contributed by atoms with Gasteiger partial charge < -0.3 is 28.8 Å². The number of carbonyl (C=O) groups is 1. The second kappa shape index (κ2) is 46.7. The number of amides is 1. The van der Waals surface area contributed by atoms with Crippen molar-refractivity contribution >= 4 is 13.7 Å². The standard InChI is InChI=1S/C57H95N2O6P/c1-6-8-10-12-14-16-18-19-20-21-22-23-24-25-26-27-28-29-30-31-32-33-34-35-36-37-38-39-41-43-45-47-49-51-57(61)58-55(54-65-66(62,63)64-53-52-59(3,4)5)56(60)50-48-46-44-42-40-17-15-13-11-9-7-2/h8,10,14,16,19-20,22-23,25-26,28-29,31-32,34-35,37-38,40,42,48,50,55-56,60H,6-7,9,11-13,15,17-18,21,24,27,30,33,36,39,41,43-47,49,51-54H2,1-5H3,(H-,58,61,62,63)/b10-8-,16-14-,20-19-,23-22-,26-25-,29-28-,32-31-,35-34-,38-37-,42-40+,50-48+. The van der Waals surface area contributed by atoms with Crippen LogP contribution in [0.4, 0.5) is 0 Å². The van der Waals surface area contributed by atoms with Gasteiger partial charge in [0.25, 0.3) is 7.82 Å². The Morgan fingerprint density at radius 1 is 0.545 bits per heavy atom. The molecule has 0 aromatic rings. The summed E-state index contributed by atoms with van der Waals surface area (Å²) in [7, 11) is 1.20. The van der Waals surface area contributed by atoms with E-state index >= 15 is 0 Å². The quantitative estimate of drug-likeness (QED) is 0.0273. The van der Waals surface area contributed by atoms with Gasteiger partial charge in [0.2, 0.25) is 5.91 Å². The van der Waals surface area contributed by atoms with Crippen LogP contribution in [-0.4, -0.2) is 68.5 Å². The topological polar surface area (TPSA) is 108 Å². The number of rotatable bonds is 44. The van der Waals surface area contributed by atoms with E-state index in [4.69, 9.17) is 9.05 Å². The Hall–Kier alpha value is -3.36. The fourth-order valence-electron chi connectivity index (χ4n) is 6.33. The fourth-order valence-corrected chi connectivity index (χ4v) is 7.06. The molecule has 0 spiro atoms. The molecule has 0 fully saturated rings. The number of likely N-dealkylation sites (N-methyl/N-ethyl adjacent to an activating group) is 1. The molecule has 0 rings (SSSR count). The molecule has 3 unspecified atom stereocenters. The van der Waals surface area contributed by atoms with E-state index < -0.39 is 26.6 Å². The van der Waals surface area contributed by atoms with E-state index in [0.29, 0.717) is 17.4 Å². The molecule has 0 aliphatic carbocycles. The van der Waals surface area contributed by atoms with Crippen LogP contribution >= 0.6 is 7.82 Å². The van der Waals surface area contributed by atoms with Crippen molar-refractivity contribution in [2.24, 2.45) is 0 Å². The van der Waals surface area contributed by atoms with Crippen LogP contribution in [0.15, 0.2) is 134 Å². The highest BCUT2D eigenvalue weighted by atomic mass is 31.2. The van der Waals surface area contributed by atoms with Crippen molar-refractivity contribution in [3.8, 4) is 0 Å². The predicted octanol–water partition coefficient (Wildman–Crippen LogP) is 14.6. The Labute approximate surface area is 405 Å². The van der Waals surface area contributed by atoms with E-state index in [1.165, 1.54) is 32.1 Å². The molecule has 0 heterocycles. The van der Waals surface area contributed by atoms with Crippen molar-refractivity contribution < 1.29 is 32.9 Å². The van der Waals surface area contributed by atoms with Crippen LogP contribution in [-0.2, 0) is 18.4 Å². The van der Waals surface area contributed by atoms with Gasteiger partial charge >= 0.3 is 0 Å². The normalized spacial score (nSPS) is 15.2. The lowest BCUT2D eigenvalue weighted by Gasteiger charge is -2.29. The molecule has 3 atom stereocenters. The minimum atomic E-state index is -4.61. The Kier molecular flexibility index (Phi) is 44.4. The van der Waals surface area contributed by atoms with Crippen molar-refractivity contribution in [3.05, 3.63) is 134 Å². The van der Waals surface area contributed by atoms with Crippen molar-refractivity contribution in [1.29, 1.82) is 0 Å². The lowest BCUT2D eigenvalue weighted by molar-refractivity contribution is -0.870. The second-order valence-corrected chi connectivity index (χ2v) is 19.2. The minimum absolute atomic E-state index is 0.0185. The molecule has 0 aromatic carbocycles. The van der Waals surface area contributed by atoms with E-state index in [1.54, 1.807) is 6.08 Å². The van der Waals surface area contributed by atoms with Crippen molar-refractivity contribution in [2.45, 2.75) is 180 Å². The number of hydrogen-bond acceptors (Lipinski definition) is 6. The van der Waals surface area contributed by atoms with Gasteiger partial charge in [0.05, 0.1) is 39.9 Å². The lowest BCUT2D eigenvalue weighted by atomic mass is 10.1. The van der Waals surface area contributed by atoms with E-state index in [2.05, 4.69) is 141 Å². The summed E-state index contributed by atoms with van der Waals surface area (Å²) in [4.78, 5) is 25.3. The van der Waals surface area contributed by atoms with Crippen LogP contribution in [0.3, 0.4) is 0 Å². The summed E-state index contributed by atoms with van der Waals surface area (Å²) in [6, 6.07) is -0.922. The zero-order valence-electron chi connectivity index (χ0n) is 42.3. The number of unbranched alkanes of at least 4 members (excludes halogenated alkanes) is 11. The molecule has 2 N–H and O–H groups in total. The maximum atomic E-state index is 12.9. The number of nitrogens with one attached hydrogen (secondary N) is 1. The molecule has 1 amide bonds. The summed E-state index contributed by atoms with van der Waals surface area (Å²) in [5.41, 5.74) is 0. The number of aliphatic hydroxyl groups is 1. The maximum absolute atomic E-state index is 12.9. The van der Waals surface area contributed by atoms with Crippen LogP contribution in [0.25, 0.3) is 0 Å². The number of phosphoric acid groups is 1. The Bertz CT molecular complexity index is 1530. The summed E-state index contributed by atoms with van der Waals surface area (Å²) < 4.78 is 23.2. The summed E-state index contributed by atoms with van der Waals surface area (Å²) >= 11 is 0. The SMILES string of the molecule is CC/C=C\C/C=C\C/C=C\C/C=C\C/C=C\C/C=C\C/C=C\C/C=C\C/C=C\CCCCCCCC(=O)NC(COP(=O)([O-])OCC[N+](C)(C)C)C(O)/C=C/CC/C=C/CCCCCCC. The van der Waals surface area contributed by atoms with Gasteiger partial charge in [-0.25, -0.2) is 0 Å². The highest BCUT2D eigenvalue weighted by Gasteiger charge is 2.23. The Balaban J connectivity index is 4.27. The first-order valence-electron chi connectivity index (χ1n) is 25.5. The van der Waals surface area contributed by atoms with Gasteiger partial charge in [0.1, 0.15) is 13.2 Å². The van der Waals surface area contributed by atoms with Crippen molar-refractivity contribution in [2.75, 3.05) is 40.9 Å². The van der Waals surface area contributed by atoms with Gasteiger partial charge in [0, 0.05) is 6.42 Å². The van der Waals surface area contributed by atoms with Gasteiger partial charge in [-0.1, -0.05) is 192 Å². The first kappa shape index (κ1) is 62.6. The smallest absolute Gasteiger partial charge is 0.268 e. The first-order valence-corrected chi connectivity index (χ1v) is 27.0. The van der Waals surface area contributed by atoms with E-state index in [9.17, 15) is 19.4 Å². The number of allylic oxidation sites excluding steroid dienone is 21. The molecular formula is C57H95N2O6P. The van der Waals surface area contributed by atoms with E-state index in [1.807, 2.05) is 27.2 Å². The largest absolute Gasteiger partial charge is 0.756 e. The molecule has 0 bridgehead atoms. The third kappa shape index (κ3) is 48.6. The predicted molar refractivity (Wildman–Crippen MR) is 283 cm³/mol. The number of hydrogen-bond donors (Lipinski definition) is 2. The Morgan fingerprint density at radius 2 is 0.939 bits per heavy atom. The summed E-state index contributed by atoms with van der Waals surface area (Å²) in [5.74, 6) is -0.235. The van der Waals surface area contributed by atoms with E-state index in [-0.39, 0.29) is 12.5 Å². The lowest BCUT2D eigenvalue weighted by Crippen LogP contribution is -2.45. The van der Waals surface area contributed by atoms with Crippen LogP contribution in [0, 0.1) is 0 Å². The minimum Gasteiger partial charge on any atom is -0.756 e. The third-order valence-electron chi connectivity index (χ3n) is 10.3. The maximum Gasteiger partial charge on any atom is 0.268 e. The summed E-state index contributed by atoms with van der Waals surface area (Å²) in [6.45, 7) is 4.43. The third-order valence-corrected chi connectivity index (χ3v) is 11.3. The molecule has 9 heteroatoms. The molecule has 0 aliphatic heterocycles. The molecule has 0 aromatic heterocycles. The number of quaternary nitrogens is 1. The zero-order chi connectivity index (χ0) is 48.5. The highest BCUT2D eigenvalue weighted by molar-refractivity contribution is 7.45. The molecule has 374 valence electrons. The van der Waals surface area contributed by atoms with Crippen LogP contribution in [0.1, 0.15) is 168 Å². The molecular weight excluding hydrogens is 840 g/mol. The number of carbonyl (C=O) groups excluding carboxylic acids is 1. The van der Waals surface area contributed by atoms with E-state index in [0.717, 1.165) is 116 Å². The highest BCUT2D eigenvalue weighted by Crippen LogP contribution is 2.38. The van der Waals surface area contributed by atoms with Gasteiger partial charge in [-0.2, -0.15) is 0 Å². The van der Waals surface area contributed by atoms with Gasteiger partial charge in [0.15, 0.2) is 0 Å². The van der Waals surface area contributed by atoms with Crippen LogP contribution in [0.2, 0.25) is 0 Å². The van der Waals surface area contributed by atoms with Crippen LogP contribution < -0.4 is 10.2 Å². The van der Waals surface area contributed by atoms with Crippen molar-refractivity contribution in [3.63, 3.8) is 0 Å². The fraction of sp³-hybridized carbons (Fsp3) is 0.596. The van der Waals surface area contributed by atoms with Gasteiger partial charge in [-0.05, 0) is 103 Å². The average molecular weight is 935 g/mol. The number of nitrogens with zero attached hydrogens (tertiary/aromatic N) is 1. The monoisotopic (exact) mass is 935 g/mol. The molecule has 8 nitrogen and oxygen atoms in total. The van der Waals surface area contributed by atoms with Gasteiger partial charge in [-0.15, -0.1) is 0 Å². The Morgan fingerprint density at radius 3 is 1.41 bits per heavy atom. The number of aliphatic hydroxyl groups excluding tert-OH is 1. The zero-order valence-corrected chi connectivity index (χ0v) is 43.2. The van der Waals surface area contributed by atoms with Crippen LogP contribution in [0.5, 0.6) is 0 Å². The molecule has 0 saturated heterocycles. The second-order valence-electron chi connectivity index (χ2n) is 17.8. The molecule has 0 radical (unpaired) electrons. The van der Waals surface area contributed by atoms with Crippen molar-refractivity contribution in [1.82, 2.24) is 5.32 Å².